The second kappa shape index (κ2) is 12.7. The van der Waals surface area contributed by atoms with Crippen LogP contribution >= 0.6 is 0 Å². The van der Waals surface area contributed by atoms with Gasteiger partial charge in [0.25, 0.3) is 0 Å². The zero-order valence-corrected chi connectivity index (χ0v) is 20.7. The van der Waals surface area contributed by atoms with Crippen LogP contribution < -0.4 is 0 Å². The first-order valence-electron chi connectivity index (χ1n) is 13.5. The zero-order valence-electron chi connectivity index (χ0n) is 20.7. The van der Waals surface area contributed by atoms with Gasteiger partial charge < -0.3 is 20.4 Å². The Morgan fingerprint density at radius 2 is 1.00 bits per heavy atom. The van der Waals surface area contributed by atoms with Crippen molar-refractivity contribution in [3.63, 3.8) is 0 Å². The number of hydrogen-bond acceptors (Lipinski definition) is 7. The van der Waals surface area contributed by atoms with Crippen LogP contribution in [0.4, 0.5) is 0 Å². The predicted octanol–water partition coefficient (Wildman–Crippen LogP) is 2.43. The Kier molecular flexibility index (Phi) is 9.62. The molecule has 34 heavy (non-hydrogen) atoms. The van der Waals surface area contributed by atoms with Crippen molar-refractivity contribution >= 4 is 0 Å². The van der Waals surface area contributed by atoms with E-state index in [-0.39, 0.29) is 19.8 Å². The summed E-state index contributed by atoms with van der Waals surface area (Å²) in [4.78, 5) is 7.34. The maximum absolute atomic E-state index is 11.4. The van der Waals surface area contributed by atoms with E-state index in [0.717, 1.165) is 102 Å². The molecule has 0 aliphatic carbocycles. The molecule has 1 aromatic rings. The lowest BCUT2D eigenvalue weighted by Crippen LogP contribution is -2.32. The number of hydrogen-bond donors (Lipinski definition) is 4. The summed E-state index contributed by atoms with van der Waals surface area (Å²) in [5.74, 6) is 0.418. The third kappa shape index (κ3) is 6.31. The number of benzene rings is 1. The lowest BCUT2D eigenvalue weighted by Gasteiger charge is -2.28. The van der Waals surface area contributed by atoms with Gasteiger partial charge in [0.15, 0.2) is 0 Å². The maximum atomic E-state index is 11.4. The van der Waals surface area contributed by atoms with Gasteiger partial charge in [-0.3, -0.25) is 14.7 Å². The van der Waals surface area contributed by atoms with E-state index in [1.54, 1.807) is 0 Å². The van der Waals surface area contributed by atoms with E-state index >= 15 is 0 Å². The van der Waals surface area contributed by atoms with Crippen molar-refractivity contribution in [2.75, 3.05) is 39.5 Å². The van der Waals surface area contributed by atoms with Crippen molar-refractivity contribution < 1.29 is 20.4 Å². The molecule has 7 nitrogen and oxygen atoms in total. The van der Waals surface area contributed by atoms with E-state index in [0.29, 0.717) is 23.9 Å². The van der Waals surface area contributed by atoms with Crippen LogP contribution in [0.2, 0.25) is 0 Å². The molecule has 4 N–H and O–H groups in total. The van der Waals surface area contributed by atoms with Gasteiger partial charge in [0.2, 0.25) is 0 Å². The highest BCUT2D eigenvalue weighted by atomic mass is 16.3. The summed E-state index contributed by atoms with van der Waals surface area (Å²) in [7, 11) is 0. The SMILES string of the molecule is OCCC1CCCN1Cc1cc(CN2CCCC2CCO)c(O)c(CN2CCCC2CCO)c1. The summed E-state index contributed by atoms with van der Waals surface area (Å²) in [6.07, 6.45) is 9.24. The van der Waals surface area contributed by atoms with Crippen molar-refractivity contribution in [3.05, 3.63) is 28.8 Å². The van der Waals surface area contributed by atoms with E-state index < -0.39 is 0 Å². The molecule has 4 rings (SSSR count). The zero-order chi connectivity index (χ0) is 23.9. The largest absolute Gasteiger partial charge is 0.507 e. The van der Waals surface area contributed by atoms with Crippen LogP contribution in [-0.4, -0.2) is 92.7 Å². The first-order valence-corrected chi connectivity index (χ1v) is 13.5. The van der Waals surface area contributed by atoms with Gasteiger partial charge in [0, 0.05) is 68.7 Å². The van der Waals surface area contributed by atoms with Gasteiger partial charge in [0.1, 0.15) is 5.75 Å². The average molecular weight is 476 g/mol. The maximum Gasteiger partial charge on any atom is 0.124 e. The minimum absolute atomic E-state index is 0.209. The minimum atomic E-state index is 0.209. The predicted molar refractivity (Wildman–Crippen MR) is 134 cm³/mol. The number of phenols is 1. The van der Waals surface area contributed by atoms with Gasteiger partial charge in [-0.25, -0.2) is 0 Å². The number of phenolic OH excluding ortho intramolecular Hbond substituents is 1. The molecule has 0 bridgehead atoms. The Balaban J connectivity index is 1.57. The topological polar surface area (TPSA) is 90.6 Å². The third-order valence-electron chi connectivity index (χ3n) is 8.34. The van der Waals surface area contributed by atoms with Crippen molar-refractivity contribution in [2.24, 2.45) is 0 Å². The first-order chi connectivity index (χ1) is 16.6. The molecule has 0 saturated carbocycles. The normalized spacial score (nSPS) is 26.7. The highest BCUT2D eigenvalue weighted by Crippen LogP contribution is 2.33. The Morgan fingerprint density at radius 3 is 1.38 bits per heavy atom. The molecule has 3 aliphatic heterocycles. The van der Waals surface area contributed by atoms with Crippen molar-refractivity contribution in [2.45, 2.75) is 95.5 Å². The fraction of sp³-hybridized carbons (Fsp3) is 0.778. The summed E-state index contributed by atoms with van der Waals surface area (Å²) in [6.45, 7) is 6.03. The smallest absolute Gasteiger partial charge is 0.124 e. The molecule has 3 heterocycles. The van der Waals surface area contributed by atoms with E-state index in [4.69, 9.17) is 0 Å². The summed E-state index contributed by atoms with van der Waals surface area (Å²) in [5.41, 5.74) is 3.23. The number of nitrogens with zero attached hydrogens (tertiary/aromatic N) is 3. The summed E-state index contributed by atoms with van der Waals surface area (Å²) in [5, 5.41) is 39.8. The van der Waals surface area contributed by atoms with Crippen molar-refractivity contribution in [3.8, 4) is 5.75 Å². The van der Waals surface area contributed by atoms with E-state index in [2.05, 4.69) is 26.8 Å². The first kappa shape index (κ1) is 25.9. The third-order valence-corrected chi connectivity index (χ3v) is 8.34. The van der Waals surface area contributed by atoms with Gasteiger partial charge in [-0.05, 0) is 95.1 Å². The summed E-state index contributed by atoms with van der Waals surface area (Å²) in [6, 6.07) is 5.59. The molecule has 192 valence electrons. The van der Waals surface area contributed by atoms with Gasteiger partial charge in [0.05, 0.1) is 0 Å². The lowest BCUT2D eigenvalue weighted by molar-refractivity contribution is 0.183. The standard InChI is InChI=1S/C27H45N3O4/c31-13-7-24-4-1-10-28(24)18-21-16-22(19-29-11-2-5-25(29)8-14-32)27(34)23(17-21)20-30-12-3-6-26(30)9-15-33/h16-17,24-26,31-34H,1-15,18-20H2. The van der Waals surface area contributed by atoms with Crippen molar-refractivity contribution in [1.29, 1.82) is 0 Å². The van der Waals surface area contributed by atoms with Crippen LogP contribution in [0.15, 0.2) is 12.1 Å². The second-order valence-electron chi connectivity index (χ2n) is 10.6. The molecule has 0 amide bonds. The molecule has 7 heteroatoms. The van der Waals surface area contributed by atoms with Crippen LogP contribution in [0.1, 0.15) is 74.5 Å². The van der Waals surface area contributed by atoms with E-state index in [9.17, 15) is 20.4 Å². The Morgan fingerprint density at radius 1 is 0.618 bits per heavy atom. The fourth-order valence-electron chi connectivity index (χ4n) is 6.57. The quantitative estimate of drug-likeness (QED) is 0.369. The van der Waals surface area contributed by atoms with Crippen LogP contribution in [0.5, 0.6) is 5.75 Å². The molecule has 3 fully saturated rings. The van der Waals surface area contributed by atoms with E-state index in [1.807, 2.05) is 0 Å². The number of likely N-dealkylation sites (tertiary alicyclic amines) is 3. The van der Waals surface area contributed by atoms with Crippen LogP contribution in [-0.2, 0) is 19.6 Å². The van der Waals surface area contributed by atoms with Crippen LogP contribution in [0, 0.1) is 0 Å². The molecule has 1 aromatic carbocycles. The molecule has 3 aliphatic rings. The summed E-state index contributed by atoms with van der Waals surface area (Å²) >= 11 is 0. The molecule has 3 saturated heterocycles. The molecular formula is C27H45N3O4. The molecule has 0 aromatic heterocycles. The number of rotatable bonds is 12. The Bertz CT molecular complexity index is 729. The van der Waals surface area contributed by atoms with E-state index in [1.165, 1.54) is 12.0 Å². The van der Waals surface area contributed by atoms with Crippen LogP contribution in [0.3, 0.4) is 0 Å². The Hall–Kier alpha value is -1.22. The summed E-state index contributed by atoms with van der Waals surface area (Å²) < 4.78 is 0. The number of aliphatic hydroxyl groups is 3. The Labute approximate surface area is 205 Å². The van der Waals surface area contributed by atoms with Gasteiger partial charge in [-0.1, -0.05) is 0 Å². The minimum Gasteiger partial charge on any atom is -0.507 e. The van der Waals surface area contributed by atoms with Crippen LogP contribution in [0.25, 0.3) is 0 Å². The van der Waals surface area contributed by atoms with Gasteiger partial charge >= 0.3 is 0 Å². The molecule has 0 spiro atoms. The molecule has 3 atom stereocenters. The second-order valence-corrected chi connectivity index (χ2v) is 10.6. The van der Waals surface area contributed by atoms with Crippen molar-refractivity contribution in [1.82, 2.24) is 14.7 Å². The molecule has 3 unspecified atom stereocenters. The molecule has 0 radical (unpaired) electrons. The average Bonchev–Trinajstić information content (AvgIpc) is 3.56. The van der Waals surface area contributed by atoms with Gasteiger partial charge in [-0.2, -0.15) is 0 Å². The highest BCUT2D eigenvalue weighted by molar-refractivity contribution is 5.44. The number of aliphatic hydroxyl groups excluding tert-OH is 3. The fourth-order valence-corrected chi connectivity index (χ4v) is 6.57. The molecular weight excluding hydrogens is 430 g/mol. The monoisotopic (exact) mass is 475 g/mol. The number of aromatic hydroxyl groups is 1. The highest BCUT2D eigenvalue weighted by Gasteiger charge is 2.29. The lowest BCUT2D eigenvalue weighted by atomic mass is 10.0. The van der Waals surface area contributed by atoms with Gasteiger partial charge in [-0.15, -0.1) is 0 Å².